The van der Waals surface area contributed by atoms with Gasteiger partial charge >= 0.3 is 12.0 Å². The predicted molar refractivity (Wildman–Crippen MR) is 79.0 cm³/mol. The Kier molecular flexibility index (Phi) is 5.97. The molecule has 7 heteroatoms. The summed E-state index contributed by atoms with van der Waals surface area (Å²) in [6.07, 6.45) is 0. The Morgan fingerprint density at radius 2 is 2.00 bits per heavy atom. The van der Waals surface area contributed by atoms with Crippen LogP contribution >= 0.6 is 15.9 Å². The van der Waals surface area contributed by atoms with Crippen LogP contribution in [0.5, 0.6) is 0 Å². The standard InChI is InChI=1S/C13H17BrN2O4/c1-8(2)16(3-4-17)13(20)15-11-6-9(12(18)19)5-10(14)7-11/h5-8,17H,3-4H2,1-2H3,(H,15,20)(H,18,19). The fraction of sp³-hybridized carbons (Fsp3) is 0.385. The molecule has 0 heterocycles. The number of nitrogens with one attached hydrogen (secondary N) is 1. The first-order chi connectivity index (χ1) is 9.35. The van der Waals surface area contributed by atoms with Crippen molar-refractivity contribution in [1.29, 1.82) is 0 Å². The van der Waals surface area contributed by atoms with Gasteiger partial charge in [0.25, 0.3) is 0 Å². The lowest BCUT2D eigenvalue weighted by Gasteiger charge is -2.26. The summed E-state index contributed by atoms with van der Waals surface area (Å²) in [4.78, 5) is 24.5. The highest BCUT2D eigenvalue weighted by Gasteiger charge is 2.17. The Hall–Kier alpha value is -1.60. The van der Waals surface area contributed by atoms with Crippen molar-refractivity contribution in [2.75, 3.05) is 18.5 Å². The second-order valence-electron chi connectivity index (χ2n) is 4.47. The summed E-state index contributed by atoms with van der Waals surface area (Å²) >= 11 is 3.20. The highest BCUT2D eigenvalue weighted by atomic mass is 79.9. The van der Waals surface area contributed by atoms with Crippen molar-refractivity contribution >= 4 is 33.6 Å². The van der Waals surface area contributed by atoms with Gasteiger partial charge in [-0.3, -0.25) is 0 Å². The van der Waals surface area contributed by atoms with Crippen LogP contribution in [0.1, 0.15) is 24.2 Å². The van der Waals surface area contributed by atoms with Gasteiger partial charge in [0.15, 0.2) is 0 Å². The van der Waals surface area contributed by atoms with E-state index in [0.717, 1.165) is 0 Å². The van der Waals surface area contributed by atoms with Crippen LogP contribution in [0, 0.1) is 0 Å². The first kappa shape index (κ1) is 16.5. The number of carboxylic acids is 1. The van der Waals surface area contributed by atoms with Crippen LogP contribution < -0.4 is 5.32 Å². The Bertz CT molecular complexity index is 505. The molecule has 6 nitrogen and oxygen atoms in total. The number of carboxylic acid groups (broad SMARTS) is 1. The van der Waals surface area contributed by atoms with Crippen LogP contribution in [0.25, 0.3) is 0 Å². The van der Waals surface area contributed by atoms with Gasteiger partial charge in [0.2, 0.25) is 0 Å². The van der Waals surface area contributed by atoms with Gasteiger partial charge in [-0.25, -0.2) is 9.59 Å². The van der Waals surface area contributed by atoms with E-state index in [0.29, 0.717) is 10.2 Å². The number of carbonyl (C=O) groups is 2. The number of urea groups is 1. The molecule has 0 aliphatic carbocycles. The molecular formula is C13H17BrN2O4. The normalized spacial score (nSPS) is 10.4. The fourth-order valence-electron chi connectivity index (χ4n) is 1.68. The van der Waals surface area contributed by atoms with E-state index in [-0.39, 0.29) is 30.8 Å². The average molecular weight is 345 g/mol. The van der Waals surface area contributed by atoms with Gasteiger partial charge in [-0.1, -0.05) is 15.9 Å². The van der Waals surface area contributed by atoms with Crippen LogP contribution in [-0.2, 0) is 0 Å². The Morgan fingerprint density at radius 3 is 2.50 bits per heavy atom. The lowest BCUT2D eigenvalue weighted by atomic mass is 10.2. The minimum atomic E-state index is -1.07. The molecule has 0 unspecified atom stereocenters. The van der Waals surface area contributed by atoms with Gasteiger partial charge < -0.3 is 20.4 Å². The van der Waals surface area contributed by atoms with E-state index in [1.807, 2.05) is 13.8 Å². The SMILES string of the molecule is CC(C)N(CCO)C(=O)Nc1cc(Br)cc(C(=O)O)c1. The molecule has 0 saturated carbocycles. The third-order valence-corrected chi connectivity index (χ3v) is 3.08. The van der Waals surface area contributed by atoms with Gasteiger partial charge in [0.1, 0.15) is 0 Å². The smallest absolute Gasteiger partial charge is 0.335 e. The lowest BCUT2D eigenvalue weighted by molar-refractivity contribution is 0.0696. The number of aromatic carboxylic acids is 1. The van der Waals surface area contributed by atoms with Gasteiger partial charge in [0.05, 0.1) is 12.2 Å². The van der Waals surface area contributed by atoms with E-state index < -0.39 is 5.97 Å². The lowest BCUT2D eigenvalue weighted by Crippen LogP contribution is -2.41. The Balaban J connectivity index is 2.91. The van der Waals surface area contributed by atoms with E-state index >= 15 is 0 Å². The number of halogens is 1. The third kappa shape index (κ3) is 4.50. The van der Waals surface area contributed by atoms with Crippen molar-refractivity contribution in [3.63, 3.8) is 0 Å². The van der Waals surface area contributed by atoms with Gasteiger partial charge in [-0.15, -0.1) is 0 Å². The van der Waals surface area contributed by atoms with Gasteiger partial charge in [-0.05, 0) is 32.0 Å². The summed E-state index contributed by atoms with van der Waals surface area (Å²) in [5, 5.41) is 20.6. The summed E-state index contributed by atoms with van der Waals surface area (Å²) in [6, 6.07) is 3.98. The molecule has 1 aromatic rings. The van der Waals surface area contributed by atoms with Crippen molar-refractivity contribution in [2.24, 2.45) is 0 Å². The van der Waals surface area contributed by atoms with E-state index in [9.17, 15) is 9.59 Å². The molecule has 2 amide bonds. The first-order valence-corrected chi connectivity index (χ1v) is 6.86. The molecule has 0 fully saturated rings. The number of nitrogens with zero attached hydrogens (tertiary/aromatic N) is 1. The van der Waals surface area contributed by atoms with Crippen LogP contribution in [0.2, 0.25) is 0 Å². The summed E-state index contributed by atoms with van der Waals surface area (Å²) < 4.78 is 0.561. The number of carbonyl (C=O) groups excluding carboxylic acids is 1. The number of anilines is 1. The molecule has 0 atom stereocenters. The number of rotatable bonds is 5. The minimum absolute atomic E-state index is 0.0757. The van der Waals surface area contributed by atoms with Gasteiger partial charge in [0, 0.05) is 22.7 Å². The zero-order valence-electron chi connectivity index (χ0n) is 11.3. The summed E-state index contributed by atoms with van der Waals surface area (Å²) in [5.74, 6) is -1.07. The molecule has 0 radical (unpaired) electrons. The van der Waals surface area contributed by atoms with E-state index in [1.165, 1.54) is 17.0 Å². The monoisotopic (exact) mass is 344 g/mol. The van der Waals surface area contributed by atoms with Crippen molar-refractivity contribution < 1.29 is 19.8 Å². The molecule has 0 bridgehead atoms. The number of hydrogen-bond donors (Lipinski definition) is 3. The molecule has 0 spiro atoms. The maximum atomic E-state index is 12.1. The van der Waals surface area contributed by atoms with Crippen LogP contribution in [-0.4, -0.2) is 46.3 Å². The van der Waals surface area contributed by atoms with E-state index in [1.54, 1.807) is 6.07 Å². The summed E-state index contributed by atoms with van der Waals surface area (Å²) in [7, 11) is 0. The number of aliphatic hydroxyl groups is 1. The maximum absolute atomic E-state index is 12.1. The summed E-state index contributed by atoms with van der Waals surface area (Å²) in [6.45, 7) is 3.74. The second-order valence-corrected chi connectivity index (χ2v) is 5.39. The molecule has 1 rings (SSSR count). The fourth-order valence-corrected chi connectivity index (χ4v) is 2.18. The van der Waals surface area contributed by atoms with E-state index in [2.05, 4.69) is 21.2 Å². The number of amides is 2. The minimum Gasteiger partial charge on any atom is -0.478 e. The largest absolute Gasteiger partial charge is 0.478 e. The summed E-state index contributed by atoms with van der Waals surface area (Å²) in [5.41, 5.74) is 0.457. The van der Waals surface area contributed by atoms with Gasteiger partial charge in [-0.2, -0.15) is 0 Å². The zero-order chi connectivity index (χ0) is 15.3. The number of aliphatic hydroxyl groups excluding tert-OH is 1. The Labute approximate surface area is 125 Å². The van der Waals surface area contributed by atoms with Crippen molar-refractivity contribution in [1.82, 2.24) is 4.90 Å². The molecular weight excluding hydrogens is 328 g/mol. The highest BCUT2D eigenvalue weighted by molar-refractivity contribution is 9.10. The van der Waals surface area contributed by atoms with Crippen LogP contribution in [0.3, 0.4) is 0 Å². The zero-order valence-corrected chi connectivity index (χ0v) is 12.8. The quantitative estimate of drug-likeness (QED) is 0.764. The molecule has 20 heavy (non-hydrogen) atoms. The topological polar surface area (TPSA) is 89.9 Å². The molecule has 3 N–H and O–H groups in total. The molecule has 1 aromatic carbocycles. The van der Waals surface area contributed by atoms with Crippen molar-refractivity contribution in [3.8, 4) is 0 Å². The van der Waals surface area contributed by atoms with Crippen LogP contribution in [0.15, 0.2) is 22.7 Å². The highest BCUT2D eigenvalue weighted by Crippen LogP contribution is 2.20. The average Bonchev–Trinajstić information content (AvgIpc) is 2.34. The second kappa shape index (κ2) is 7.25. The van der Waals surface area contributed by atoms with Crippen molar-refractivity contribution in [3.05, 3.63) is 28.2 Å². The maximum Gasteiger partial charge on any atom is 0.335 e. The van der Waals surface area contributed by atoms with Crippen molar-refractivity contribution in [2.45, 2.75) is 19.9 Å². The van der Waals surface area contributed by atoms with Crippen LogP contribution in [0.4, 0.5) is 10.5 Å². The number of benzene rings is 1. The third-order valence-electron chi connectivity index (χ3n) is 2.62. The Morgan fingerprint density at radius 1 is 1.35 bits per heavy atom. The number of hydrogen-bond acceptors (Lipinski definition) is 3. The molecule has 0 aliphatic heterocycles. The predicted octanol–water partition coefficient (Wildman–Crippen LogP) is 2.38. The molecule has 0 aliphatic rings. The molecule has 0 aromatic heterocycles. The van der Waals surface area contributed by atoms with E-state index in [4.69, 9.17) is 10.2 Å². The molecule has 110 valence electrons. The molecule has 0 saturated heterocycles. The first-order valence-electron chi connectivity index (χ1n) is 6.07.